The minimum absolute atomic E-state index is 0.0285. The second-order valence-corrected chi connectivity index (χ2v) is 15.1. The van der Waals surface area contributed by atoms with Crippen molar-refractivity contribution < 1.29 is 49.4 Å². The second kappa shape index (κ2) is 12.9. The SMILES string of the molecule is COc1ccc(S(=O)(=O)NCCN([C@H]2CS(=O)(=O)C[C@@H]2O)S(=O)(=O)c2ccc(OC)c(NC(C)=O)c2)cc1NC(C)=O. The van der Waals surface area contributed by atoms with Gasteiger partial charge < -0.3 is 25.2 Å². The van der Waals surface area contributed by atoms with Crippen LogP contribution in [0.3, 0.4) is 0 Å². The number of ether oxygens (including phenoxy) is 2. The molecule has 2 atom stereocenters. The summed E-state index contributed by atoms with van der Waals surface area (Å²) in [5, 5.41) is 15.4. The lowest BCUT2D eigenvalue weighted by atomic mass is 10.2. The number of amides is 2. The van der Waals surface area contributed by atoms with E-state index in [1.165, 1.54) is 52.3 Å². The average Bonchev–Trinajstić information content (AvgIpc) is 3.16. The van der Waals surface area contributed by atoms with Crippen molar-refractivity contribution in [2.45, 2.75) is 35.8 Å². The molecule has 18 heteroatoms. The van der Waals surface area contributed by atoms with Crippen molar-refractivity contribution in [3.63, 3.8) is 0 Å². The zero-order chi connectivity index (χ0) is 31.5. The fourth-order valence-corrected chi connectivity index (χ4v) is 8.96. The lowest BCUT2D eigenvalue weighted by molar-refractivity contribution is -0.115. The topological polar surface area (TPSA) is 215 Å². The molecule has 0 aromatic heterocycles. The number of rotatable bonds is 12. The molecule has 0 unspecified atom stereocenters. The monoisotopic (exact) mass is 648 g/mol. The standard InChI is InChI=1S/C24H32N4O11S3/c1-15(29)26-19-11-17(5-7-23(19)38-3)41(34,35)25-9-10-28(21-13-40(32,33)14-22(21)31)42(36,37)18-6-8-24(39-4)20(12-18)27-16(2)30/h5-8,11-12,21-22,25,31H,9-10,13-14H2,1-4H3,(H,26,29)(H,27,30)/t21-,22-/m0/s1. The van der Waals surface area contributed by atoms with Crippen LogP contribution < -0.4 is 24.8 Å². The number of nitrogens with zero attached hydrogens (tertiary/aromatic N) is 1. The summed E-state index contributed by atoms with van der Waals surface area (Å²) in [6, 6.07) is 5.87. The van der Waals surface area contributed by atoms with E-state index >= 15 is 0 Å². The molecule has 1 fully saturated rings. The molecule has 1 aliphatic heterocycles. The Labute approximate surface area is 244 Å². The van der Waals surface area contributed by atoms with Gasteiger partial charge in [-0.15, -0.1) is 0 Å². The van der Waals surface area contributed by atoms with Crippen molar-refractivity contribution in [3.8, 4) is 11.5 Å². The number of sulfonamides is 2. The highest BCUT2D eigenvalue weighted by Crippen LogP contribution is 2.32. The molecular weight excluding hydrogens is 616 g/mol. The third-order valence-corrected chi connectivity index (χ3v) is 11.2. The summed E-state index contributed by atoms with van der Waals surface area (Å²) < 4.78 is 91.5. The highest BCUT2D eigenvalue weighted by atomic mass is 32.2. The van der Waals surface area contributed by atoms with Crippen molar-refractivity contribution in [2.24, 2.45) is 0 Å². The molecule has 2 amide bonds. The van der Waals surface area contributed by atoms with Crippen LogP contribution in [0.25, 0.3) is 0 Å². The van der Waals surface area contributed by atoms with E-state index < -0.39 is 78.4 Å². The number of anilines is 2. The van der Waals surface area contributed by atoms with Gasteiger partial charge in [-0.25, -0.2) is 30.0 Å². The zero-order valence-corrected chi connectivity index (χ0v) is 25.6. The van der Waals surface area contributed by atoms with E-state index in [4.69, 9.17) is 9.47 Å². The van der Waals surface area contributed by atoms with E-state index in [1.54, 1.807) is 0 Å². The van der Waals surface area contributed by atoms with Gasteiger partial charge in [0.15, 0.2) is 9.84 Å². The van der Waals surface area contributed by atoms with E-state index in [-0.39, 0.29) is 32.7 Å². The molecule has 0 spiro atoms. The normalized spacial score (nSPS) is 18.4. The van der Waals surface area contributed by atoms with Crippen molar-refractivity contribution >= 4 is 53.1 Å². The van der Waals surface area contributed by atoms with Gasteiger partial charge in [-0.3, -0.25) is 9.59 Å². The molecule has 0 saturated carbocycles. The molecule has 0 aliphatic carbocycles. The van der Waals surface area contributed by atoms with E-state index in [2.05, 4.69) is 15.4 Å². The van der Waals surface area contributed by atoms with Crippen molar-refractivity contribution in [1.82, 2.24) is 9.03 Å². The minimum atomic E-state index is -4.56. The van der Waals surface area contributed by atoms with Crippen LogP contribution in [0, 0.1) is 0 Å². The molecule has 1 aliphatic rings. The fourth-order valence-electron chi connectivity index (χ4n) is 4.34. The summed E-state index contributed by atoms with van der Waals surface area (Å²) in [6.45, 7) is 1.37. The number of methoxy groups -OCH3 is 2. The number of hydrogen-bond acceptors (Lipinski definition) is 11. The molecule has 0 bridgehead atoms. The highest BCUT2D eigenvalue weighted by Gasteiger charge is 2.44. The number of benzene rings is 2. The second-order valence-electron chi connectivity index (χ2n) is 9.31. The molecule has 1 heterocycles. The van der Waals surface area contributed by atoms with Gasteiger partial charge in [-0.1, -0.05) is 0 Å². The van der Waals surface area contributed by atoms with Crippen molar-refractivity contribution in [3.05, 3.63) is 36.4 Å². The van der Waals surface area contributed by atoms with Crippen LogP contribution in [-0.2, 0) is 39.5 Å². The zero-order valence-electron chi connectivity index (χ0n) is 23.1. The molecule has 1 saturated heterocycles. The number of carbonyl (C=O) groups is 2. The maximum absolute atomic E-state index is 13.8. The minimum Gasteiger partial charge on any atom is -0.495 e. The third kappa shape index (κ3) is 7.75. The largest absolute Gasteiger partial charge is 0.495 e. The summed E-state index contributed by atoms with van der Waals surface area (Å²) >= 11 is 0. The molecular formula is C24H32N4O11S3. The van der Waals surface area contributed by atoms with Crippen LogP contribution in [0.2, 0.25) is 0 Å². The predicted octanol–water partition coefficient (Wildman–Crippen LogP) is -0.252. The van der Waals surface area contributed by atoms with Crippen LogP contribution in [-0.4, -0.2) is 97.4 Å². The van der Waals surface area contributed by atoms with Gasteiger partial charge in [0, 0.05) is 26.9 Å². The van der Waals surface area contributed by atoms with Crippen LogP contribution in [0.1, 0.15) is 13.8 Å². The smallest absolute Gasteiger partial charge is 0.243 e. The average molecular weight is 649 g/mol. The molecule has 42 heavy (non-hydrogen) atoms. The van der Waals surface area contributed by atoms with Gasteiger partial charge >= 0.3 is 0 Å². The van der Waals surface area contributed by atoms with E-state index in [1.807, 2.05) is 0 Å². The quantitative estimate of drug-likeness (QED) is 0.235. The third-order valence-electron chi connectivity index (χ3n) is 6.17. The summed E-state index contributed by atoms with van der Waals surface area (Å²) in [5.74, 6) is -1.98. The molecule has 15 nitrogen and oxygen atoms in total. The maximum atomic E-state index is 13.8. The molecule has 232 valence electrons. The van der Waals surface area contributed by atoms with Crippen LogP contribution in [0.5, 0.6) is 11.5 Å². The number of carbonyl (C=O) groups excluding carboxylic acids is 2. The van der Waals surface area contributed by atoms with E-state index in [0.29, 0.717) is 0 Å². The Balaban J connectivity index is 1.94. The molecule has 2 aromatic carbocycles. The van der Waals surface area contributed by atoms with Crippen LogP contribution in [0.4, 0.5) is 11.4 Å². The Morgan fingerprint density at radius 3 is 1.86 bits per heavy atom. The first-order valence-corrected chi connectivity index (χ1v) is 17.1. The predicted molar refractivity (Wildman–Crippen MR) is 152 cm³/mol. The summed E-state index contributed by atoms with van der Waals surface area (Å²) in [4.78, 5) is 22.5. The first-order valence-electron chi connectivity index (χ1n) is 12.3. The number of aliphatic hydroxyl groups is 1. The number of nitrogens with one attached hydrogen (secondary N) is 3. The summed E-state index contributed by atoms with van der Waals surface area (Å²) in [6.07, 6.45) is -1.57. The molecule has 0 radical (unpaired) electrons. The van der Waals surface area contributed by atoms with Gasteiger partial charge in [-0.2, -0.15) is 4.31 Å². The Hall–Kier alpha value is -3.29. The number of sulfone groups is 1. The fraction of sp³-hybridized carbons (Fsp3) is 0.417. The number of aliphatic hydroxyl groups excluding tert-OH is 1. The Kier molecular flexibility index (Phi) is 10.2. The van der Waals surface area contributed by atoms with Gasteiger partial charge in [0.05, 0.1) is 59.0 Å². The van der Waals surface area contributed by atoms with Crippen molar-refractivity contribution in [2.75, 3.05) is 49.4 Å². The Morgan fingerprint density at radius 1 is 0.905 bits per heavy atom. The highest BCUT2D eigenvalue weighted by molar-refractivity contribution is 7.92. The molecule has 4 N–H and O–H groups in total. The lowest BCUT2D eigenvalue weighted by Gasteiger charge is -2.29. The van der Waals surface area contributed by atoms with Gasteiger partial charge in [-0.05, 0) is 36.4 Å². The first-order chi connectivity index (χ1) is 19.5. The maximum Gasteiger partial charge on any atom is 0.243 e. The molecule has 2 aromatic rings. The summed E-state index contributed by atoms with van der Waals surface area (Å²) in [7, 11) is -9.97. The van der Waals surface area contributed by atoms with Gasteiger partial charge in [0.2, 0.25) is 31.9 Å². The van der Waals surface area contributed by atoms with Crippen LogP contribution in [0.15, 0.2) is 46.2 Å². The number of hydrogen-bond donors (Lipinski definition) is 4. The summed E-state index contributed by atoms with van der Waals surface area (Å²) in [5.41, 5.74) is 0.117. The Morgan fingerprint density at radius 2 is 1.40 bits per heavy atom. The van der Waals surface area contributed by atoms with Gasteiger partial charge in [0.1, 0.15) is 11.5 Å². The van der Waals surface area contributed by atoms with Gasteiger partial charge in [0.25, 0.3) is 0 Å². The van der Waals surface area contributed by atoms with Crippen molar-refractivity contribution in [1.29, 1.82) is 0 Å². The molecule has 3 rings (SSSR count). The lowest BCUT2D eigenvalue weighted by Crippen LogP contribution is -2.49. The van der Waals surface area contributed by atoms with E-state index in [9.17, 15) is 39.9 Å². The van der Waals surface area contributed by atoms with E-state index in [0.717, 1.165) is 16.4 Å². The first kappa shape index (κ1) is 33.2. The van der Waals surface area contributed by atoms with Crippen LogP contribution >= 0.6 is 0 Å². The Bertz CT molecular complexity index is 1680.